The zero-order chi connectivity index (χ0) is 16.2. The maximum absolute atomic E-state index is 12.2. The third-order valence-electron chi connectivity index (χ3n) is 3.19. The molecule has 1 amide bonds. The molecule has 0 fully saturated rings. The fraction of sp³-hybridized carbons (Fsp3) is 0.267. The quantitative estimate of drug-likeness (QED) is 0.856. The highest BCUT2D eigenvalue weighted by Gasteiger charge is 2.14. The molecule has 7 nitrogen and oxygen atoms in total. The van der Waals surface area contributed by atoms with Gasteiger partial charge in [-0.25, -0.2) is 4.98 Å². The van der Waals surface area contributed by atoms with Gasteiger partial charge in [0.2, 0.25) is 6.79 Å². The number of H-pyrrole nitrogens is 1. The molecule has 0 unspecified atom stereocenters. The van der Waals surface area contributed by atoms with Crippen molar-refractivity contribution in [2.24, 2.45) is 0 Å². The fourth-order valence-corrected chi connectivity index (χ4v) is 2.56. The van der Waals surface area contributed by atoms with Crippen molar-refractivity contribution in [3.05, 3.63) is 51.7 Å². The van der Waals surface area contributed by atoms with Gasteiger partial charge >= 0.3 is 0 Å². The van der Waals surface area contributed by atoms with Crippen LogP contribution in [0.3, 0.4) is 0 Å². The highest BCUT2D eigenvalue weighted by molar-refractivity contribution is 7.97. The number of nitrogens with one attached hydrogen (secondary N) is 2. The van der Waals surface area contributed by atoms with Gasteiger partial charge < -0.3 is 19.8 Å². The summed E-state index contributed by atoms with van der Waals surface area (Å²) in [6.07, 6.45) is 1.90. The van der Waals surface area contributed by atoms with Gasteiger partial charge in [0.1, 0.15) is 11.5 Å². The Morgan fingerprint density at radius 3 is 3.00 bits per heavy atom. The summed E-state index contributed by atoms with van der Waals surface area (Å²) in [4.78, 5) is 30.5. The highest BCUT2D eigenvalue weighted by Crippen LogP contribution is 2.32. The second-order valence-corrected chi connectivity index (χ2v) is 5.75. The smallest absolute Gasteiger partial charge is 0.270 e. The molecular formula is C15H15N3O4S. The maximum atomic E-state index is 12.2. The average molecular weight is 333 g/mol. The molecule has 0 aliphatic carbocycles. The third-order valence-corrected chi connectivity index (χ3v) is 3.76. The predicted molar refractivity (Wildman–Crippen MR) is 85.8 cm³/mol. The molecule has 23 heavy (non-hydrogen) atoms. The largest absolute Gasteiger partial charge is 0.454 e. The van der Waals surface area contributed by atoms with Crippen LogP contribution in [0.15, 0.2) is 29.1 Å². The van der Waals surface area contributed by atoms with Crippen LogP contribution in [0.25, 0.3) is 0 Å². The number of hydrogen-bond acceptors (Lipinski definition) is 6. The van der Waals surface area contributed by atoms with E-state index >= 15 is 0 Å². The lowest BCUT2D eigenvalue weighted by atomic mass is 10.2. The zero-order valence-corrected chi connectivity index (χ0v) is 13.2. The minimum absolute atomic E-state index is 0.110. The van der Waals surface area contributed by atoms with Gasteiger partial charge in [-0.1, -0.05) is 6.07 Å². The van der Waals surface area contributed by atoms with E-state index in [1.165, 1.54) is 17.8 Å². The van der Waals surface area contributed by atoms with Gasteiger partial charge in [-0.15, -0.1) is 0 Å². The molecule has 8 heteroatoms. The van der Waals surface area contributed by atoms with Gasteiger partial charge in [0.25, 0.3) is 11.5 Å². The summed E-state index contributed by atoms with van der Waals surface area (Å²) in [6.45, 7) is 0.516. The lowest BCUT2D eigenvalue weighted by Gasteiger charge is -2.07. The van der Waals surface area contributed by atoms with E-state index in [1.807, 2.05) is 18.4 Å². The van der Waals surface area contributed by atoms with Crippen molar-refractivity contribution in [3.8, 4) is 11.5 Å². The van der Waals surface area contributed by atoms with E-state index in [0.717, 1.165) is 5.56 Å². The summed E-state index contributed by atoms with van der Waals surface area (Å²) < 4.78 is 10.5. The molecular weight excluding hydrogens is 318 g/mol. The van der Waals surface area contributed by atoms with Crippen molar-refractivity contribution in [2.75, 3.05) is 13.0 Å². The number of rotatable bonds is 5. The van der Waals surface area contributed by atoms with Crippen LogP contribution in [0, 0.1) is 0 Å². The number of nitrogens with zero attached hydrogens (tertiary/aromatic N) is 1. The predicted octanol–water partition coefficient (Wildman–Crippen LogP) is 1.29. The molecule has 0 saturated carbocycles. The van der Waals surface area contributed by atoms with Gasteiger partial charge in [0.15, 0.2) is 11.5 Å². The molecule has 1 aromatic heterocycles. The second-order valence-electron chi connectivity index (χ2n) is 4.88. The Kier molecular flexibility index (Phi) is 4.52. The molecule has 1 aliphatic heterocycles. The van der Waals surface area contributed by atoms with E-state index < -0.39 is 5.91 Å². The van der Waals surface area contributed by atoms with Crippen LogP contribution in [0.4, 0.5) is 0 Å². The Hall–Kier alpha value is -2.48. The average Bonchev–Trinajstić information content (AvgIpc) is 3.00. The standard InChI is InChI=1S/C15H15N3O4S/c1-23-7-13-17-10(5-14(19)18-13)15(20)16-6-9-2-3-11-12(4-9)22-8-21-11/h2-5H,6-8H2,1H3,(H,16,20)(H,17,18,19). The lowest BCUT2D eigenvalue weighted by molar-refractivity contribution is 0.0945. The van der Waals surface area contributed by atoms with Crippen molar-refractivity contribution in [3.63, 3.8) is 0 Å². The van der Waals surface area contributed by atoms with Crippen molar-refractivity contribution >= 4 is 17.7 Å². The topological polar surface area (TPSA) is 93.3 Å². The number of amides is 1. The summed E-state index contributed by atoms with van der Waals surface area (Å²) in [6, 6.07) is 6.65. The Balaban J connectivity index is 1.68. The first-order valence-electron chi connectivity index (χ1n) is 6.91. The van der Waals surface area contributed by atoms with Crippen LogP contribution in [0.1, 0.15) is 21.9 Å². The van der Waals surface area contributed by atoms with Crippen molar-refractivity contribution in [1.29, 1.82) is 0 Å². The van der Waals surface area contributed by atoms with E-state index in [1.54, 1.807) is 6.07 Å². The van der Waals surface area contributed by atoms with E-state index in [-0.39, 0.29) is 18.0 Å². The molecule has 1 aliphatic rings. The number of benzene rings is 1. The molecule has 0 saturated heterocycles. The van der Waals surface area contributed by atoms with Gasteiger partial charge in [-0.05, 0) is 24.0 Å². The molecule has 120 valence electrons. The molecule has 0 spiro atoms. The first kappa shape index (κ1) is 15.4. The summed E-state index contributed by atoms with van der Waals surface area (Å²) in [5.41, 5.74) is 0.646. The number of ether oxygens (including phenoxy) is 2. The minimum Gasteiger partial charge on any atom is -0.454 e. The molecule has 0 atom stereocenters. The van der Waals surface area contributed by atoms with E-state index in [9.17, 15) is 9.59 Å². The molecule has 0 radical (unpaired) electrons. The minimum atomic E-state index is -0.392. The van der Waals surface area contributed by atoms with Crippen molar-refractivity contribution in [2.45, 2.75) is 12.3 Å². The first-order chi connectivity index (χ1) is 11.2. The van der Waals surface area contributed by atoms with E-state index in [4.69, 9.17) is 9.47 Å². The number of thioether (sulfide) groups is 1. The maximum Gasteiger partial charge on any atom is 0.270 e. The lowest BCUT2D eigenvalue weighted by Crippen LogP contribution is -2.26. The summed E-state index contributed by atoms with van der Waals surface area (Å²) in [7, 11) is 0. The molecule has 2 heterocycles. The molecule has 3 rings (SSSR count). The zero-order valence-electron chi connectivity index (χ0n) is 12.4. The Morgan fingerprint density at radius 1 is 1.35 bits per heavy atom. The summed E-state index contributed by atoms with van der Waals surface area (Å²) >= 11 is 1.52. The van der Waals surface area contributed by atoms with Crippen LogP contribution < -0.4 is 20.3 Å². The SMILES string of the molecule is CSCc1nc(C(=O)NCc2ccc3c(c2)OCO3)cc(=O)[nH]1. The summed E-state index contributed by atoms with van der Waals surface area (Å²) in [5, 5.41) is 2.75. The van der Waals surface area contributed by atoms with Gasteiger partial charge in [-0.2, -0.15) is 11.8 Å². The number of aromatic amines is 1. The first-order valence-corrected chi connectivity index (χ1v) is 8.31. The van der Waals surface area contributed by atoms with Crippen LogP contribution in [0.2, 0.25) is 0 Å². The van der Waals surface area contributed by atoms with Gasteiger partial charge in [-0.3, -0.25) is 9.59 Å². The van der Waals surface area contributed by atoms with E-state index in [0.29, 0.717) is 29.6 Å². The number of carbonyl (C=O) groups excluding carboxylic acids is 1. The highest BCUT2D eigenvalue weighted by atomic mass is 32.2. The number of fused-ring (bicyclic) bond motifs is 1. The monoisotopic (exact) mass is 333 g/mol. The van der Waals surface area contributed by atoms with Crippen molar-refractivity contribution < 1.29 is 14.3 Å². The number of hydrogen-bond donors (Lipinski definition) is 2. The summed E-state index contributed by atoms with van der Waals surface area (Å²) in [5.74, 6) is 1.99. The normalized spacial score (nSPS) is 12.2. The van der Waals surface area contributed by atoms with E-state index in [2.05, 4.69) is 15.3 Å². The Morgan fingerprint density at radius 2 is 2.17 bits per heavy atom. The molecule has 1 aromatic carbocycles. The Labute approximate surface area is 136 Å². The Bertz CT molecular complexity index is 791. The molecule has 2 N–H and O–H groups in total. The number of aromatic nitrogens is 2. The van der Waals surface area contributed by atoms with Gasteiger partial charge in [0.05, 0.1) is 5.75 Å². The molecule has 2 aromatic rings. The van der Waals surface area contributed by atoms with Crippen LogP contribution in [-0.2, 0) is 12.3 Å². The fourth-order valence-electron chi connectivity index (χ4n) is 2.15. The van der Waals surface area contributed by atoms with Gasteiger partial charge in [0, 0.05) is 12.6 Å². The number of carbonyl (C=O) groups is 1. The molecule has 0 bridgehead atoms. The van der Waals surface area contributed by atoms with Crippen molar-refractivity contribution in [1.82, 2.24) is 15.3 Å². The van der Waals surface area contributed by atoms with Crippen LogP contribution in [-0.4, -0.2) is 28.9 Å². The van der Waals surface area contributed by atoms with Crippen LogP contribution in [0.5, 0.6) is 11.5 Å². The third kappa shape index (κ3) is 3.65. The second kappa shape index (κ2) is 6.74. The van der Waals surface area contributed by atoms with Crippen LogP contribution >= 0.6 is 11.8 Å².